The van der Waals surface area contributed by atoms with Crippen molar-refractivity contribution in [2.75, 3.05) is 6.54 Å². The van der Waals surface area contributed by atoms with Crippen molar-refractivity contribution in [2.45, 2.75) is 31.7 Å². The van der Waals surface area contributed by atoms with Gasteiger partial charge in [0.25, 0.3) is 0 Å². The molecule has 1 N–H and O–H groups in total. The monoisotopic (exact) mass is 287 g/mol. The Morgan fingerprint density at radius 1 is 1.38 bits per heavy atom. The summed E-state index contributed by atoms with van der Waals surface area (Å²) in [5, 5.41) is 10.1. The molecule has 1 aromatic heterocycles. The minimum Gasteiger partial charge on any atom is -0.480 e. The Bertz CT molecular complexity index is 657. The van der Waals surface area contributed by atoms with Gasteiger partial charge in [0.1, 0.15) is 17.4 Å². The van der Waals surface area contributed by atoms with Crippen molar-refractivity contribution < 1.29 is 19.1 Å². The van der Waals surface area contributed by atoms with Gasteiger partial charge in [0.2, 0.25) is 5.91 Å². The lowest BCUT2D eigenvalue weighted by molar-refractivity contribution is -0.148. The van der Waals surface area contributed by atoms with Crippen LogP contribution >= 0.6 is 0 Å². The molecular formula is C16H17NO4. The van der Waals surface area contributed by atoms with E-state index in [0.717, 1.165) is 17.4 Å². The number of furan rings is 1. The van der Waals surface area contributed by atoms with Crippen molar-refractivity contribution in [3.8, 4) is 0 Å². The Kier molecular flexibility index (Phi) is 3.41. The minimum absolute atomic E-state index is 0.182. The number of para-hydroxylation sites is 1. The Hall–Kier alpha value is -2.30. The van der Waals surface area contributed by atoms with Gasteiger partial charge >= 0.3 is 5.97 Å². The van der Waals surface area contributed by atoms with Crippen molar-refractivity contribution in [1.29, 1.82) is 0 Å². The summed E-state index contributed by atoms with van der Waals surface area (Å²) in [4.78, 5) is 25.2. The lowest BCUT2D eigenvalue weighted by atomic mass is 10.1. The highest BCUT2D eigenvalue weighted by Gasteiger charge is 2.36. The number of carboxylic acid groups (broad SMARTS) is 1. The van der Waals surface area contributed by atoms with Gasteiger partial charge in [0.05, 0.1) is 5.92 Å². The summed E-state index contributed by atoms with van der Waals surface area (Å²) in [5.41, 5.74) is 0.739. The zero-order valence-corrected chi connectivity index (χ0v) is 11.8. The molecule has 0 aliphatic carbocycles. The molecule has 5 nitrogen and oxygen atoms in total. The largest absolute Gasteiger partial charge is 0.480 e. The van der Waals surface area contributed by atoms with E-state index < -0.39 is 17.9 Å². The standard InChI is InChI=1S/C16H17NO4/c1-10(14-9-11-5-2-3-7-13(11)21-14)15(18)17-8-4-6-12(17)16(19)20/h2-3,5,7,9-10,12H,4,6,8H2,1H3,(H,19,20)/t10-,12+/m0/s1. The van der Waals surface area contributed by atoms with Crippen LogP contribution in [-0.2, 0) is 9.59 Å². The first-order chi connectivity index (χ1) is 10.1. The Morgan fingerprint density at radius 2 is 2.14 bits per heavy atom. The van der Waals surface area contributed by atoms with E-state index >= 15 is 0 Å². The van der Waals surface area contributed by atoms with Crippen molar-refractivity contribution in [1.82, 2.24) is 4.90 Å². The van der Waals surface area contributed by atoms with E-state index in [0.29, 0.717) is 18.7 Å². The number of fused-ring (bicyclic) bond motifs is 1. The molecule has 0 spiro atoms. The summed E-state index contributed by atoms with van der Waals surface area (Å²) < 4.78 is 5.71. The van der Waals surface area contributed by atoms with Crippen LogP contribution in [0.25, 0.3) is 11.0 Å². The molecule has 1 aromatic carbocycles. The molecule has 5 heteroatoms. The SMILES string of the molecule is C[C@H](C(=O)N1CCC[C@@H]1C(=O)O)c1cc2ccccc2o1. The lowest BCUT2D eigenvalue weighted by Crippen LogP contribution is -2.42. The van der Waals surface area contributed by atoms with E-state index in [1.165, 1.54) is 4.90 Å². The fraction of sp³-hybridized carbons (Fsp3) is 0.375. The average molecular weight is 287 g/mol. The molecule has 1 fully saturated rings. The molecule has 2 heterocycles. The van der Waals surface area contributed by atoms with Crippen LogP contribution < -0.4 is 0 Å². The van der Waals surface area contributed by atoms with E-state index in [1.54, 1.807) is 6.92 Å². The number of amides is 1. The Labute approximate surface area is 122 Å². The van der Waals surface area contributed by atoms with Crippen molar-refractivity contribution >= 4 is 22.8 Å². The maximum atomic E-state index is 12.5. The number of likely N-dealkylation sites (tertiary alicyclic amines) is 1. The molecule has 1 amide bonds. The van der Waals surface area contributed by atoms with Gasteiger partial charge in [-0.3, -0.25) is 4.79 Å². The van der Waals surface area contributed by atoms with Crippen LogP contribution in [-0.4, -0.2) is 34.5 Å². The molecule has 1 aliphatic rings. The molecule has 21 heavy (non-hydrogen) atoms. The second-order valence-electron chi connectivity index (χ2n) is 5.44. The van der Waals surface area contributed by atoms with E-state index in [-0.39, 0.29) is 5.91 Å². The van der Waals surface area contributed by atoms with E-state index in [2.05, 4.69) is 0 Å². The van der Waals surface area contributed by atoms with E-state index in [9.17, 15) is 14.7 Å². The molecule has 2 atom stereocenters. The number of nitrogens with zero attached hydrogens (tertiary/aromatic N) is 1. The zero-order chi connectivity index (χ0) is 15.0. The first kappa shape index (κ1) is 13.7. The molecule has 0 saturated carbocycles. The van der Waals surface area contributed by atoms with Gasteiger partial charge < -0.3 is 14.4 Å². The highest BCUT2D eigenvalue weighted by Crippen LogP contribution is 2.28. The average Bonchev–Trinajstić information content (AvgIpc) is 3.11. The van der Waals surface area contributed by atoms with Crippen molar-refractivity contribution in [3.63, 3.8) is 0 Å². The predicted octanol–water partition coefficient (Wildman–Crippen LogP) is 2.61. The highest BCUT2D eigenvalue weighted by molar-refractivity contribution is 5.89. The molecule has 1 saturated heterocycles. The Balaban J connectivity index is 1.85. The van der Waals surface area contributed by atoms with Crippen molar-refractivity contribution in [2.24, 2.45) is 0 Å². The van der Waals surface area contributed by atoms with Gasteiger partial charge in [-0.2, -0.15) is 0 Å². The fourth-order valence-electron chi connectivity index (χ4n) is 2.87. The normalized spacial score (nSPS) is 19.9. The van der Waals surface area contributed by atoms with Crippen LogP contribution in [0.2, 0.25) is 0 Å². The third-order valence-corrected chi connectivity index (χ3v) is 4.06. The van der Waals surface area contributed by atoms with Crippen LogP contribution in [0.1, 0.15) is 31.4 Å². The maximum Gasteiger partial charge on any atom is 0.326 e. The van der Waals surface area contributed by atoms with Gasteiger partial charge in [-0.15, -0.1) is 0 Å². The molecule has 0 radical (unpaired) electrons. The number of hydrogen-bond donors (Lipinski definition) is 1. The molecule has 1 aliphatic heterocycles. The van der Waals surface area contributed by atoms with Crippen LogP contribution in [0.3, 0.4) is 0 Å². The minimum atomic E-state index is -0.933. The van der Waals surface area contributed by atoms with E-state index in [4.69, 9.17) is 4.42 Å². The maximum absolute atomic E-state index is 12.5. The smallest absolute Gasteiger partial charge is 0.326 e. The van der Waals surface area contributed by atoms with Gasteiger partial charge in [0.15, 0.2) is 0 Å². The zero-order valence-electron chi connectivity index (χ0n) is 11.8. The lowest BCUT2D eigenvalue weighted by Gasteiger charge is -2.24. The first-order valence-electron chi connectivity index (χ1n) is 7.09. The number of aliphatic carboxylic acids is 1. The molecule has 3 rings (SSSR count). The van der Waals surface area contributed by atoms with Crippen LogP contribution in [0, 0.1) is 0 Å². The summed E-state index contributed by atoms with van der Waals surface area (Å²) in [6, 6.07) is 8.72. The second-order valence-corrected chi connectivity index (χ2v) is 5.44. The van der Waals surface area contributed by atoms with Crippen LogP contribution in [0.4, 0.5) is 0 Å². The molecular weight excluding hydrogens is 270 g/mol. The van der Waals surface area contributed by atoms with E-state index in [1.807, 2.05) is 30.3 Å². The van der Waals surface area contributed by atoms with Gasteiger partial charge in [0, 0.05) is 11.9 Å². The summed E-state index contributed by atoms with van der Waals surface area (Å²) in [6.45, 7) is 2.26. The first-order valence-corrected chi connectivity index (χ1v) is 7.09. The fourth-order valence-corrected chi connectivity index (χ4v) is 2.87. The van der Waals surface area contributed by atoms with Crippen LogP contribution in [0.5, 0.6) is 0 Å². The third kappa shape index (κ3) is 2.39. The second kappa shape index (κ2) is 5.24. The predicted molar refractivity (Wildman–Crippen MR) is 77.0 cm³/mol. The third-order valence-electron chi connectivity index (χ3n) is 4.06. The number of carboxylic acids is 1. The number of benzene rings is 1. The van der Waals surface area contributed by atoms with Gasteiger partial charge in [-0.25, -0.2) is 4.79 Å². The molecule has 0 bridgehead atoms. The topological polar surface area (TPSA) is 70.8 Å². The Morgan fingerprint density at radius 3 is 2.86 bits per heavy atom. The summed E-state index contributed by atoms with van der Waals surface area (Å²) in [6.07, 6.45) is 1.25. The van der Waals surface area contributed by atoms with Crippen molar-refractivity contribution in [3.05, 3.63) is 36.1 Å². The number of rotatable bonds is 3. The molecule has 2 aromatic rings. The summed E-state index contributed by atoms with van der Waals surface area (Å²) >= 11 is 0. The highest BCUT2D eigenvalue weighted by atomic mass is 16.4. The number of carbonyl (C=O) groups is 2. The quantitative estimate of drug-likeness (QED) is 0.942. The van der Waals surface area contributed by atoms with Gasteiger partial charge in [-0.1, -0.05) is 18.2 Å². The summed E-state index contributed by atoms with van der Waals surface area (Å²) in [5.74, 6) is -1.01. The number of carbonyl (C=O) groups excluding carboxylic acids is 1. The van der Waals surface area contributed by atoms with Gasteiger partial charge in [-0.05, 0) is 31.9 Å². The molecule has 0 unspecified atom stereocenters. The number of hydrogen-bond acceptors (Lipinski definition) is 3. The molecule has 110 valence electrons. The summed E-state index contributed by atoms with van der Waals surface area (Å²) in [7, 11) is 0. The van der Waals surface area contributed by atoms with Crippen LogP contribution in [0.15, 0.2) is 34.7 Å².